The number of rotatable bonds is 6. The van der Waals surface area contributed by atoms with Crippen LogP contribution >= 0.6 is 0 Å². The van der Waals surface area contributed by atoms with Crippen molar-refractivity contribution in [3.05, 3.63) is 47.5 Å². The molecule has 0 bridgehead atoms. The topological polar surface area (TPSA) is 89.9 Å². The summed E-state index contributed by atoms with van der Waals surface area (Å²) in [5, 5.41) is 18.9. The lowest BCUT2D eigenvalue weighted by Gasteiger charge is -2.34. The van der Waals surface area contributed by atoms with E-state index in [1.54, 1.807) is 12.1 Å². The van der Waals surface area contributed by atoms with Crippen LogP contribution in [0.4, 0.5) is 13.2 Å². The Hall–Kier alpha value is -2.39. The van der Waals surface area contributed by atoms with E-state index >= 15 is 0 Å². The van der Waals surface area contributed by atoms with Crippen LogP contribution in [-0.4, -0.2) is 52.7 Å². The summed E-state index contributed by atoms with van der Waals surface area (Å²) in [4.78, 5) is 21.3. The highest BCUT2D eigenvalue weighted by Gasteiger charge is 2.33. The number of alkyl halides is 3. The molecule has 3 N–H and O–H groups in total. The van der Waals surface area contributed by atoms with Crippen molar-refractivity contribution >= 4 is 11.9 Å². The number of hydrogen-bond donors (Lipinski definition) is 3. The molecule has 0 saturated carbocycles. The zero-order valence-electron chi connectivity index (χ0n) is 15.6. The van der Waals surface area contributed by atoms with Crippen molar-refractivity contribution in [2.45, 2.75) is 38.5 Å². The van der Waals surface area contributed by atoms with E-state index in [-0.39, 0.29) is 0 Å². The zero-order chi connectivity index (χ0) is 21.2. The highest BCUT2D eigenvalue weighted by molar-refractivity contribution is 5.89. The summed E-state index contributed by atoms with van der Waals surface area (Å²) in [5.74, 6) is -2.51. The molecule has 1 aromatic rings. The maximum Gasteiger partial charge on any atom is 0.416 e. The van der Waals surface area contributed by atoms with Gasteiger partial charge in [0.15, 0.2) is 0 Å². The second-order valence-electron chi connectivity index (χ2n) is 6.21. The summed E-state index contributed by atoms with van der Waals surface area (Å²) in [5.41, 5.74) is -0.132. The third-order valence-electron chi connectivity index (χ3n) is 4.30. The molecule has 1 aliphatic heterocycles. The number of aliphatic carboxylic acids is 2. The van der Waals surface area contributed by atoms with Crippen LogP contribution < -0.4 is 5.32 Å². The third kappa shape index (κ3) is 8.53. The first-order valence-corrected chi connectivity index (χ1v) is 8.89. The summed E-state index contributed by atoms with van der Waals surface area (Å²) >= 11 is 0. The van der Waals surface area contributed by atoms with E-state index in [9.17, 15) is 22.8 Å². The van der Waals surface area contributed by atoms with Crippen LogP contribution in [-0.2, 0) is 22.3 Å². The summed E-state index contributed by atoms with van der Waals surface area (Å²) in [6.45, 7) is 5.05. The molecule has 0 aliphatic carbocycles. The van der Waals surface area contributed by atoms with E-state index in [1.807, 2.05) is 6.92 Å². The molecular weight excluding hydrogens is 377 g/mol. The van der Waals surface area contributed by atoms with Crippen LogP contribution in [0.25, 0.3) is 0 Å². The minimum absolute atomic E-state index is 0.372. The van der Waals surface area contributed by atoms with Crippen molar-refractivity contribution in [2.75, 3.05) is 19.6 Å². The minimum Gasteiger partial charge on any atom is -0.478 e. The van der Waals surface area contributed by atoms with E-state index in [4.69, 9.17) is 10.2 Å². The van der Waals surface area contributed by atoms with E-state index in [1.165, 1.54) is 12.1 Å². The number of hydrogen-bond acceptors (Lipinski definition) is 4. The van der Waals surface area contributed by atoms with E-state index in [2.05, 4.69) is 10.2 Å². The van der Waals surface area contributed by atoms with Gasteiger partial charge in [0, 0.05) is 24.7 Å². The van der Waals surface area contributed by atoms with Gasteiger partial charge in [-0.1, -0.05) is 25.1 Å². The molecule has 0 atom stereocenters. The zero-order valence-corrected chi connectivity index (χ0v) is 15.6. The lowest BCUT2D eigenvalue weighted by molar-refractivity contribution is -0.138. The molecule has 2 rings (SSSR count). The second kappa shape index (κ2) is 11.5. The number of nitrogens with one attached hydrogen (secondary N) is 1. The number of nitrogens with zero attached hydrogens (tertiary/aromatic N) is 1. The lowest BCUT2D eigenvalue weighted by atomic mass is 10.0. The fourth-order valence-corrected chi connectivity index (χ4v) is 2.97. The largest absolute Gasteiger partial charge is 0.478 e. The van der Waals surface area contributed by atoms with E-state index in [0.29, 0.717) is 30.3 Å². The van der Waals surface area contributed by atoms with Gasteiger partial charge in [-0.25, -0.2) is 9.59 Å². The van der Waals surface area contributed by atoms with Crippen molar-refractivity contribution in [1.29, 1.82) is 0 Å². The Morgan fingerprint density at radius 3 is 2.14 bits per heavy atom. The van der Waals surface area contributed by atoms with E-state index < -0.39 is 23.7 Å². The van der Waals surface area contributed by atoms with Crippen LogP contribution in [0, 0.1) is 0 Å². The predicted molar refractivity (Wildman–Crippen MR) is 97.8 cm³/mol. The van der Waals surface area contributed by atoms with Gasteiger partial charge in [-0.15, -0.1) is 0 Å². The van der Waals surface area contributed by atoms with E-state index in [0.717, 1.165) is 32.5 Å². The van der Waals surface area contributed by atoms with Gasteiger partial charge in [0.25, 0.3) is 0 Å². The molecule has 1 saturated heterocycles. The van der Waals surface area contributed by atoms with Crippen LogP contribution in [0.3, 0.4) is 0 Å². The summed E-state index contributed by atoms with van der Waals surface area (Å²) in [7, 11) is 0. The quantitative estimate of drug-likeness (QED) is 0.634. The molecule has 1 fully saturated rings. The highest BCUT2D eigenvalue weighted by atomic mass is 19.4. The van der Waals surface area contributed by atoms with Gasteiger partial charge in [0.1, 0.15) is 0 Å². The normalized spacial score (nSPS) is 15.3. The Morgan fingerprint density at radius 2 is 1.68 bits per heavy atom. The number of benzene rings is 1. The molecule has 1 aliphatic rings. The first kappa shape index (κ1) is 23.6. The van der Waals surface area contributed by atoms with Crippen molar-refractivity contribution in [2.24, 2.45) is 0 Å². The molecule has 0 radical (unpaired) electrons. The predicted octanol–water partition coefficient (Wildman–Crippen LogP) is 2.99. The monoisotopic (exact) mass is 402 g/mol. The first-order valence-electron chi connectivity index (χ1n) is 8.89. The molecule has 0 unspecified atom stereocenters. The van der Waals surface area contributed by atoms with Crippen LogP contribution in [0.1, 0.15) is 30.9 Å². The fourth-order valence-electron chi connectivity index (χ4n) is 2.97. The second-order valence-corrected chi connectivity index (χ2v) is 6.21. The molecular formula is C19H25F3N2O4. The Bertz CT molecular complexity index is 655. The Morgan fingerprint density at radius 1 is 1.14 bits per heavy atom. The van der Waals surface area contributed by atoms with Gasteiger partial charge in [-0.05, 0) is 44.1 Å². The van der Waals surface area contributed by atoms with Crippen LogP contribution in [0.5, 0.6) is 0 Å². The van der Waals surface area contributed by atoms with Crippen LogP contribution in [0.15, 0.2) is 36.4 Å². The van der Waals surface area contributed by atoms with Crippen molar-refractivity contribution in [1.82, 2.24) is 10.2 Å². The smallest absolute Gasteiger partial charge is 0.416 e. The number of carbonyl (C=O) groups is 2. The molecule has 28 heavy (non-hydrogen) atoms. The Labute approximate surface area is 161 Å². The fraction of sp³-hybridized carbons (Fsp3) is 0.474. The lowest BCUT2D eigenvalue weighted by Crippen LogP contribution is -2.42. The molecule has 0 spiro atoms. The summed E-state index contributed by atoms with van der Waals surface area (Å²) in [6.07, 6.45) is -1.15. The standard InChI is InChI=1S/C15H21F3N2.C4H4O4/c1-2-20(13-7-9-19-10-8-13)11-12-5-3-4-6-14(12)15(16,17)18;5-3(6)1-2-4(7)8/h3-6,13,19H,2,7-11H2,1H3;1-2H,(H,5,6)(H,7,8)/b;2-1+. The third-order valence-corrected chi connectivity index (χ3v) is 4.30. The van der Waals surface area contributed by atoms with Crippen molar-refractivity contribution < 1.29 is 33.0 Å². The number of carboxylic acids is 2. The average Bonchev–Trinajstić information content (AvgIpc) is 2.65. The maximum atomic E-state index is 13.0. The molecule has 0 amide bonds. The minimum atomic E-state index is -4.27. The van der Waals surface area contributed by atoms with Gasteiger partial charge in [0.05, 0.1) is 5.56 Å². The molecule has 1 aromatic carbocycles. The highest BCUT2D eigenvalue weighted by Crippen LogP contribution is 2.32. The molecule has 6 nitrogen and oxygen atoms in total. The average molecular weight is 402 g/mol. The van der Waals surface area contributed by atoms with Crippen molar-refractivity contribution in [3.8, 4) is 0 Å². The van der Waals surface area contributed by atoms with Crippen LogP contribution in [0.2, 0.25) is 0 Å². The van der Waals surface area contributed by atoms with Gasteiger partial charge in [-0.3, -0.25) is 4.90 Å². The summed E-state index contributed by atoms with van der Waals surface area (Å²) in [6, 6.07) is 6.27. The van der Waals surface area contributed by atoms with Gasteiger partial charge < -0.3 is 15.5 Å². The molecule has 9 heteroatoms. The number of carboxylic acid groups (broad SMARTS) is 2. The van der Waals surface area contributed by atoms with Gasteiger partial charge in [-0.2, -0.15) is 13.2 Å². The summed E-state index contributed by atoms with van der Waals surface area (Å²) < 4.78 is 39.0. The molecule has 1 heterocycles. The van der Waals surface area contributed by atoms with Gasteiger partial charge in [0.2, 0.25) is 0 Å². The molecule has 156 valence electrons. The SMILES string of the molecule is CCN(Cc1ccccc1C(F)(F)F)C1CCNCC1.O=C(O)/C=C/C(=O)O. The first-order chi connectivity index (χ1) is 13.1. The number of halogens is 3. The maximum absolute atomic E-state index is 13.0. The van der Waals surface area contributed by atoms with Crippen molar-refractivity contribution in [3.63, 3.8) is 0 Å². The Kier molecular flexibility index (Phi) is 9.67. The number of piperidine rings is 1. The Balaban J connectivity index is 0.000000416. The van der Waals surface area contributed by atoms with Gasteiger partial charge >= 0.3 is 18.1 Å². The molecule has 0 aromatic heterocycles.